The zero-order chi connectivity index (χ0) is 10.9. The van der Waals surface area contributed by atoms with Crippen molar-refractivity contribution in [2.45, 2.75) is 18.4 Å². The molecular formula is C11H10ClNO2. The van der Waals surface area contributed by atoms with Gasteiger partial charge < -0.3 is 9.84 Å². The molecule has 0 radical (unpaired) electrons. The molecule has 0 saturated carbocycles. The molecule has 0 aliphatic carbocycles. The first-order valence-corrected chi connectivity index (χ1v) is 5.10. The molecule has 15 heavy (non-hydrogen) atoms. The van der Waals surface area contributed by atoms with E-state index in [1.807, 2.05) is 6.07 Å². The quantitative estimate of drug-likeness (QED) is 0.687. The number of hydrogen-bond acceptors (Lipinski definition) is 3. The van der Waals surface area contributed by atoms with E-state index in [1.54, 1.807) is 18.2 Å². The number of benzene rings is 1. The molecule has 0 amide bonds. The first-order valence-electron chi connectivity index (χ1n) is 4.72. The lowest BCUT2D eigenvalue weighted by Gasteiger charge is -2.19. The summed E-state index contributed by atoms with van der Waals surface area (Å²) in [5.74, 6) is 0.543. The van der Waals surface area contributed by atoms with Crippen molar-refractivity contribution in [3.8, 4) is 11.8 Å². The van der Waals surface area contributed by atoms with Crippen LogP contribution in [0, 0.1) is 11.3 Å². The lowest BCUT2D eigenvalue weighted by Crippen LogP contribution is -2.22. The lowest BCUT2D eigenvalue weighted by atomic mass is 9.91. The Bertz CT molecular complexity index is 427. The number of hydrogen-bond donors (Lipinski definition) is 1. The topological polar surface area (TPSA) is 53.2 Å². The predicted molar refractivity (Wildman–Crippen MR) is 55.7 cm³/mol. The molecule has 1 aromatic rings. The third kappa shape index (κ3) is 1.79. The van der Waals surface area contributed by atoms with Crippen LogP contribution in [-0.2, 0) is 5.60 Å². The average molecular weight is 224 g/mol. The molecule has 0 bridgehead atoms. The smallest absolute Gasteiger partial charge is 0.180 e. The van der Waals surface area contributed by atoms with Gasteiger partial charge in [0.2, 0.25) is 0 Å². The van der Waals surface area contributed by atoms with Crippen molar-refractivity contribution in [3.63, 3.8) is 0 Å². The number of aliphatic hydroxyl groups is 1. The fraction of sp³-hybridized carbons (Fsp3) is 0.364. The molecule has 0 saturated heterocycles. The average Bonchev–Trinajstić information content (AvgIpc) is 2.40. The first kappa shape index (κ1) is 10.3. The number of ether oxygens (including phenoxy) is 1. The highest BCUT2D eigenvalue weighted by Crippen LogP contribution is 2.37. The second kappa shape index (κ2) is 3.73. The van der Waals surface area contributed by atoms with Gasteiger partial charge in [0.05, 0.1) is 6.61 Å². The molecule has 3 nitrogen and oxygen atoms in total. The molecule has 4 heteroatoms. The summed E-state index contributed by atoms with van der Waals surface area (Å²) in [5, 5.41) is 19.6. The van der Waals surface area contributed by atoms with Gasteiger partial charge in [-0.2, -0.15) is 5.26 Å². The van der Waals surface area contributed by atoms with Gasteiger partial charge >= 0.3 is 0 Å². The van der Waals surface area contributed by atoms with E-state index in [0.717, 1.165) is 0 Å². The highest BCUT2D eigenvalue weighted by molar-refractivity contribution is 6.30. The molecule has 2 rings (SSSR count). The molecule has 0 aromatic heterocycles. The number of nitriles is 1. The number of nitrogens with zero attached hydrogens (tertiary/aromatic N) is 1. The summed E-state index contributed by atoms with van der Waals surface area (Å²) in [6.45, 7) is 0.513. The minimum atomic E-state index is -1.48. The normalized spacial score (nSPS) is 24.6. The zero-order valence-corrected chi connectivity index (χ0v) is 8.79. The van der Waals surface area contributed by atoms with Crippen LogP contribution in [0.3, 0.4) is 0 Å². The van der Waals surface area contributed by atoms with E-state index in [1.165, 1.54) is 0 Å². The highest BCUT2D eigenvalue weighted by atomic mass is 35.5. The van der Waals surface area contributed by atoms with Gasteiger partial charge in [0.15, 0.2) is 5.60 Å². The van der Waals surface area contributed by atoms with Crippen molar-refractivity contribution >= 4 is 11.6 Å². The van der Waals surface area contributed by atoms with Gasteiger partial charge in [0.25, 0.3) is 0 Å². The largest absolute Gasteiger partial charge is 0.493 e. The van der Waals surface area contributed by atoms with E-state index in [2.05, 4.69) is 0 Å². The van der Waals surface area contributed by atoms with Gasteiger partial charge in [0, 0.05) is 10.6 Å². The summed E-state index contributed by atoms with van der Waals surface area (Å²) in [7, 11) is 0. The lowest BCUT2D eigenvalue weighted by molar-refractivity contribution is 0.0884. The fourth-order valence-electron chi connectivity index (χ4n) is 1.71. The summed E-state index contributed by atoms with van der Waals surface area (Å²) in [6.07, 6.45) is 1.02. The maximum Gasteiger partial charge on any atom is 0.180 e. The van der Waals surface area contributed by atoms with Crippen molar-refractivity contribution in [2.75, 3.05) is 6.61 Å². The van der Waals surface area contributed by atoms with E-state index in [-0.39, 0.29) is 0 Å². The van der Waals surface area contributed by atoms with Gasteiger partial charge in [-0.05, 0) is 31.0 Å². The van der Waals surface area contributed by atoms with Crippen LogP contribution in [-0.4, -0.2) is 11.7 Å². The van der Waals surface area contributed by atoms with Crippen LogP contribution < -0.4 is 4.74 Å². The summed E-state index contributed by atoms with van der Waals surface area (Å²) in [5.41, 5.74) is -1.01. The standard InChI is InChI=1S/C11H10ClNO2/c12-8-2-3-10-9(6-8)11(14,7-13)4-1-5-15-10/h2-3,6,14H,1,4-5H2. The molecule has 1 unspecified atom stereocenters. The molecular weight excluding hydrogens is 214 g/mol. The Kier molecular flexibility index (Phi) is 2.56. The number of fused-ring (bicyclic) bond motifs is 1. The second-order valence-corrected chi connectivity index (χ2v) is 4.00. The van der Waals surface area contributed by atoms with E-state index >= 15 is 0 Å². The minimum Gasteiger partial charge on any atom is -0.493 e. The Balaban J connectivity index is 2.58. The van der Waals surface area contributed by atoms with Gasteiger partial charge in [-0.1, -0.05) is 11.6 Å². The predicted octanol–water partition coefficient (Wildman–Crippen LogP) is 2.22. The van der Waals surface area contributed by atoms with Crippen molar-refractivity contribution in [2.24, 2.45) is 0 Å². The van der Waals surface area contributed by atoms with Crippen LogP contribution in [0.2, 0.25) is 5.02 Å². The van der Waals surface area contributed by atoms with Crippen LogP contribution in [0.1, 0.15) is 18.4 Å². The molecule has 78 valence electrons. The Morgan fingerprint density at radius 2 is 2.33 bits per heavy atom. The summed E-state index contributed by atoms with van der Waals surface area (Å²) in [6, 6.07) is 6.88. The SMILES string of the molecule is N#CC1(O)CCCOc2ccc(Cl)cc21. The molecule has 1 atom stereocenters. The minimum absolute atomic E-state index is 0.372. The Hall–Kier alpha value is -1.24. The molecule has 1 heterocycles. The van der Waals surface area contributed by atoms with Gasteiger partial charge in [0.1, 0.15) is 11.8 Å². The van der Waals surface area contributed by atoms with Gasteiger partial charge in [-0.3, -0.25) is 0 Å². The van der Waals surface area contributed by atoms with Crippen LogP contribution >= 0.6 is 11.6 Å². The maximum absolute atomic E-state index is 10.1. The monoisotopic (exact) mass is 223 g/mol. The zero-order valence-electron chi connectivity index (χ0n) is 8.03. The Morgan fingerprint density at radius 3 is 3.07 bits per heavy atom. The first-order chi connectivity index (χ1) is 7.15. The fourth-order valence-corrected chi connectivity index (χ4v) is 1.88. The van der Waals surface area contributed by atoms with Crippen LogP contribution in [0.15, 0.2) is 18.2 Å². The maximum atomic E-state index is 10.1. The summed E-state index contributed by atoms with van der Waals surface area (Å²) >= 11 is 5.84. The summed E-state index contributed by atoms with van der Waals surface area (Å²) < 4.78 is 5.43. The van der Waals surface area contributed by atoms with Crippen molar-refractivity contribution in [3.05, 3.63) is 28.8 Å². The number of halogens is 1. The molecule has 1 aromatic carbocycles. The van der Waals surface area contributed by atoms with E-state index in [0.29, 0.717) is 35.8 Å². The van der Waals surface area contributed by atoms with Crippen LogP contribution in [0.5, 0.6) is 5.75 Å². The Morgan fingerprint density at radius 1 is 1.53 bits per heavy atom. The molecule has 1 aliphatic heterocycles. The Labute approximate surface area is 92.9 Å². The van der Waals surface area contributed by atoms with Crippen LogP contribution in [0.4, 0.5) is 0 Å². The third-order valence-electron chi connectivity index (χ3n) is 2.51. The van der Waals surface area contributed by atoms with Crippen molar-refractivity contribution in [1.82, 2.24) is 0 Å². The number of rotatable bonds is 0. The van der Waals surface area contributed by atoms with E-state index < -0.39 is 5.60 Å². The molecule has 0 spiro atoms. The molecule has 1 N–H and O–H groups in total. The summed E-state index contributed by atoms with van der Waals surface area (Å²) in [4.78, 5) is 0. The van der Waals surface area contributed by atoms with Gasteiger partial charge in [-0.15, -0.1) is 0 Å². The van der Waals surface area contributed by atoms with Crippen LogP contribution in [0.25, 0.3) is 0 Å². The van der Waals surface area contributed by atoms with Crippen molar-refractivity contribution in [1.29, 1.82) is 5.26 Å². The second-order valence-electron chi connectivity index (χ2n) is 3.56. The highest BCUT2D eigenvalue weighted by Gasteiger charge is 2.34. The van der Waals surface area contributed by atoms with E-state index in [9.17, 15) is 5.11 Å². The molecule has 1 aliphatic rings. The molecule has 0 fully saturated rings. The van der Waals surface area contributed by atoms with Gasteiger partial charge in [-0.25, -0.2) is 0 Å². The van der Waals surface area contributed by atoms with E-state index in [4.69, 9.17) is 21.6 Å². The van der Waals surface area contributed by atoms with Crippen molar-refractivity contribution < 1.29 is 9.84 Å². The third-order valence-corrected chi connectivity index (χ3v) is 2.75.